The van der Waals surface area contributed by atoms with Crippen LogP contribution in [-0.2, 0) is 4.79 Å². The van der Waals surface area contributed by atoms with E-state index in [4.69, 9.17) is 5.11 Å². The summed E-state index contributed by atoms with van der Waals surface area (Å²) in [6.07, 6.45) is 3.07. The van der Waals surface area contributed by atoms with E-state index in [0.717, 1.165) is 17.8 Å². The van der Waals surface area contributed by atoms with Crippen LogP contribution in [-0.4, -0.2) is 44.4 Å². The van der Waals surface area contributed by atoms with Crippen molar-refractivity contribution in [1.82, 2.24) is 14.3 Å². The molecular formula is C15H17N3O3. The maximum Gasteiger partial charge on any atom is 0.308 e. The van der Waals surface area contributed by atoms with Crippen LogP contribution in [0.15, 0.2) is 24.4 Å². The zero-order valence-corrected chi connectivity index (χ0v) is 11.8. The Hall–Kier alpha value is -2.37. The van der Waals surface area contributed by atoms with E-state index in [-0.39, 0.29) is 12.5 Å². The minimum atomic E-state index is -0.835. The Morgan fingerprint density at radius 1 is 1.38 bits per heavy atom. The van der Waals surface area contributed by atoms with Gasteiger partial charge in [0.15, 0.2) is 0 Å². The van der Waals surface area contributed by atoms with Gasteiger partial charge in [0.25, 0.3) is 5.91 Å². The highest BCUT2D eigenvalue weighted by atomic mass is 16.4. The van der Waals surface area contributed by atoms with Crippen molar-refractivity contribution in [3.8, 4) is 0 Å². The molecule has 0 bridgehead atoms. The highest BCUT2D eigenvalue weighted by Crippen LogP contribution is 2.19. The predicted octanol–water partition coefficient (Wildman–Crippen LogP) is 1.58. The Morgan fingerprint density at radius 2 is 2.19 bits per heavy atom. The number of fused-ring (bicyclic) bond motifs is 1. The largest absolute Gasteiger partial charge is 0.481 e. The Labute approximate surface area is 122 Å². The summed E-state index contributed by atoms with van der Waals surface area (Å²) in [7, 11) is 0. The first-order valence-corrected chi connectivity index (χ1v) is 7.03. The van der Waals surface area contributed by atoms with E-state index in [1.54, 1.807) is 11.1 Å². The monoisotopic (exact) mass is 287 g/mol. The summed E-state index contributed by atoms with van der Waals surface area (Å²) in [4.78, 5) is 29.5. The number of pyridine rings is 1. The molecule has 0 spiro atoms. The maximum atomic E-state index is 12.5. The minimum Gasteiger partial charge on any atom is -0.481 e. The van der Waals surface area contributed by atoms with Gasteiger partial charge in [-0.3, -0.25) is 9.59 Å². The fourth-order valence-corrected chi connectivity index (χ4v) is 2.78. The SMILES string of the molecule is Cc1cccc2nc(C(=O)N3CCC[C@@H](C(=O)O)C3)cn12. The lowest BCUT2D eigenvalue weighted by atomic mass is 9.98. The van der Waals surface area contributed by atoms with Gasteiger partial charge in [-0.05, 0) is 31.9 Å². The molecule has 0 saturated carbocycles. The number of aryl methyl sites for hydroxylation is 1. The Morgan fingerprint density at radius 3 is 2.90 bits per heavy atom. The van der Waals surface area contributed by atoms with Crippen molar-refractivity contribution < 1.29 is 14.7 Å². The number of carboxylic acids is 1. The van der Waals surface area contributed by atoms with Crippen LogP contribution in [0.5, 0.6) is 0 Å². The first kappa shape index (κ1) is 13.6. The van der Waals surface area contributed by atoms with E-state index in [0.29, 0.717) is 18.7 Å². The summed E-state index contributed by atoms with van der Waals surface area (Å²) >= 11 is 0. The van der Waals surface area contributed by atoms with Crippen LogP contribution in [0.1, 0.15) is 29.0 Å². The van der Waals surface area contributed by atoms with E-state index < -0.39 is 11.9 Å². The van der Waals surface area contributed by atoms with Crippen molar-refractivity contribution in [2.75, 3.05) is 13.1 Å². The average Bonchev–Trinajstić information content (AvgIpc) is 2.92. The number of aliphatic carboxylic acids is 1. The summed E-state index contributed by atoms with van der Waals surface area (Å²) in [5.74, 6) is -1.50. The molecule has 3 heterocycles. The summed E-state index contributed by atoms with van der Waals surface area (Å²) in [5.41, 5.74) is 2.10. The van der Waals surface area contributed by atoms with Gasteiger partial charge in [-0.1, -0.05) is 6.07 Å². The number of likely N-dealkylation sites (tertiary alicyclic amines) is 1. The predicted molar refractivity (Wildman–Crippen MR) is 76.2 cm³/mol. The van der Waals surface area contributed by atoms with Gasteiger partial charge in [-0.2, -0.15) is 0 Å². The number of nitrogens with zero attached hydrogens (tertiary/aromatic N) is 3. The molecule has 2 aromatic rings. The van der Waals surface area contributed by atoms with Crippen molar-refractivity contribution in [2.24, 2.45) is 5.92 Å². The van der Waals surface area contributed by atoms with E-state index in [2.05, 4.69) is 4.98 Å². The number of aromatic nitrogens is 2. The second-order valence-electron chi connectivity index (χ2n) is 5.45. The summed E-state index contributed by atoms with van der Waals surface area (Å²) in [6.45, 7) is 2.81. The molecule has 0 aromatic carbocycles. The molecule has 1 amide bonds. The Balaban J connectivity index is 1.86. The number of rotatable bonds is 2. The third-order valence-corrected chi connectivity index (χ3v) is 3.97. The third-order valence-electron chi connectivity index (χ3n) is 3.97. The van der Waals surface area contributed by atoms with Crippen molar-refractivity contribution in [3.63, 3.8) is 0 Å². The van der Waals surface area contributed by atoms with E-state index in [1.165, 1.54) is 0 Å². The fraction of sp³-hybridized carbons (Fsp3) is 0.400. The molecule has 2 aromatic heterocycles. The summed E-state index contributed by atoms with van der Waals surface area (Å²) < 4.78 is 1.87. The molecule has 0 unspecified atom stereocenters. The number of hydrogen-bond acceptors (Lipinski definition) is 3. The molecule has 6 nitrogen and oxygen atoms in total. The molecule has 1 aliphatic rings. The molecule has 3 rings (SSSR count). The van der Waals surface area contributed by atoms with Gasteiger partial charge >= 0.3 is 5.97 Å². The third kappa shape index (κ3) is 2.49. The Kier molecular flexibility index (Phi) is 3.37. The average molecular weight is 287 g/mol. The van der Waals surface area contributed by atoms with Gasteiger partial charge in [0.1, 0.15) is 11.3 Å². The lowest BCUT2D eigenvalue weighted by Gasteiger charge is -2.30. The van der Waals surface area contributed by atoms with E-state index in [1.807, 2.05) is 29.5 Å². The number of piperidine rings is 1. The maximum absolute atomic E-state index is 12.5. The van der Waals surface area contributed by atoms with Crippen LogP contribution in [0.25, 0.3) is 5.65 Å². The lowest BCUT2D eigenvalue weighted by molar-refractivity contribution is -0.143. The zero-order valence-electron chi connectivity index (χ0n) is 11.8. The van der Waals surface area contributed by atoms with Crippen LogP contribution in [0, 0.1) is 12.8 Å². The molecule has 1 saturated heterocycles. The molecule has 0 aliphatic carbocycles. The number of carbonyl (C=O) groups excluding carboxylic acids is 1. The fourth-order valence-electron chi connectivity index (χ4n) is 2.78. The highest BCUT2D eigenvalue weighted by Gasteiger charge is 2.29. The quantitative estimate of drug-likeness (QED) is 0.910. The van der Waals surface area contributed by atoms with E-state index in [9.17, 15) is 9.59 Å². The van der Waals surface area contributed by atoms with Gasteiger partial charge in [-0.25, -0.2) is 4.98 Å². The number of amides is 1. The van der Waals surface area contributed by atoms with E-state index >= 15 is 0 Å². The molecule has 110 valence electrons. The van der Waals surface area contributed by atoms with Crippen LogP contribution >= 0.6 is 0 Å². The highest BCUT2D eigenvalue weighted by molar-refractivity contribution is 5.93. The minimum absolute atomic E-state index is 0.191. The molecule has 1 fully saturated rings. The topological polar surface area (TPSA) is 74.9 Å². The van der Waals surface area contributed by atoms with Crippen molar-refractivity contribution >= 4 is 17.5 Å². The van der Waals surface area contributed by atoms with Crippen LogP contribution < -0.4 is 0 Å². The molecule has 6 heteroatoms. The smallest absolute Gasteiger partial charge is 0.308 e. The number of carboxylic acid groups (broad SMARTS) is 1. The first-order chi connectivity index (χ1) is 10.1. The summed E-state index contributed by atoms with van der Waals surface area (Å²) in [6, 6.07) is 5.69. The second-order valence-corrected chi connectivity index (χ2v) is 5.45. The van der Waals surface area contributed by atoms with Gasteiger partial charge in [0, 0.05) is 25.0 Å². The number of carbonyl (C=O) groups is 2. The normalized spacial score (nSPS) is 18.9. The summed E-state index contributed by atoms with van der Waals surface area (Å²) in [5, 5.41) is 9.10. The molecule has 1 aliphatic heterocycles. The lowest BCUT2D eigenvalue weighted by Crippen LogP contribution is -2.42. The van der Waals surface area contributed by atoms with Crippen molar-refractivity contribution in [3.05, 3.63) is 35.8 Å². The Bertz CT molecular complexity index is 707. The van der Waals surface area contributed by atoms with Crippen LogP contribution in [0.3, 0.4) is 0 Å². The molecule has 0 radical (unpaired) electrons. The van der Waals surface area contributed by atoms with Gasteiger partial charge in [-0.15, -0.1) is 0 Å². The molecule has 21 heavy (non-hydrogen) atoms. The van der Waals surface area contributed by atoms with Gasteiger partial charge in [0.05, 0.1) is 5.92 Å². The number of hydrogen-bond donors (Lipinski definition) is 1. The molecule has 1 atom stereocenters. The second kappa shape index (κ2) is 5.20. The van der Waals surface area contributed by atoms with Crippen molar-refractivity contribution in [1.29, 1.82) is 0 Å². The number of imidazole rings is 1. The molecular weight excluding hydrogens is 270 g/mol. The molecule has 1 N–H and O–H groups in total. The van der Waals surface area contributed by atoms with Gasteiger partial charge < -0.3 is 14.4 Å². The standard InChI is InChI=1S/C15H17N3O3/c1-10-4-2-6-13-16-12(9-18(10)13)14(19)17-7-3-5-11(8-17)15(20)21/h2,4,6,9,11H,3,5,7-8H2,1H3,(H,20,21)/t11-/m1/s1. The van der Waals surface area contributed by atoms with Crippen LogP contribution in [0.2, 0.25) is 0 Å². The zero-order chi connectivity index (χ0) is 15.0. The van der Waals surface area contributed by atoms with Crippen LogP contribution in [0.4, 0.5) is 0 Å². The van der Waals surface area contributed by atoms with Crippen molar-refractivity contribution in [2.45, 2.75) is 19.8 Å². The van der Waals surface area contributed by atoms with Gasteiger partial charge in [0.2, 0.25) is 0 Å². The first-order valence-electron chi connectivity index (χ1n) is 7.03.